The Morgan fingerprint density at radius 1 is 1.25 bits per heavy atom. The Bertz CT molecular complexity index is 339. The average molecular weight is 222 g/mol. The highest BCUT2D eigenvalue weighted by Gasteiger charge is 2.24. The Kier molecular flexibility index (Phi) is 2.93. The SMILES string of the molecule is c1oc(C2CCOCC2)nc1C1CCCN1. The molecule has 2 aliphatic heterocycles. The molecule has 3 heterocycles. The molecule has 2 saturated heterocycles. The van der Waals surface area contributed by atoms with Crippen molar-refractivity contribution in [1.29, 1.82) is 0 Å². The monoisotopic (exact) mass is 222 g/mol. The fourth-order valence-electron chi connectivity index (χ4n) is 2.53. The summed E-state index contributed by atoms with van der Waals surface area (Å²) in [4.78, 5) is 4.63. The summed E-state index contributed by atoms with van der Waals surface area (Å²) in [5.41, 5.74) is 1.08. The standard InChI is InChI=1S/C12H18N2O2/c1-2-10(13-5-1)11-8-16-12(14-11)9-3-6-15-7-4-9/h8-10,13H,1-7H2. The number of aromatic nitrogens is 1. The lowest BCUT2D eigenvalue weighted by atomic mass is 10.0. The van der Waals surface area contributed by atoms with E-state index in [-0.39, 0.29) is 0 Å². The molecule has 3 rings (SSSR count). The quantitative estimate of drug-likeness (QED) is 0.831. The smallest absolute Gasteiger partial charge is 0.197 e. The lowest BCUT2D eigenvalue weighted by Gasteiger charge is -2.18. The van der Waals surface area contributed by atoms with Crippen molar-refractivity contribution in [3.8, 4) is 0 Å². The molecule has 0 saturated carbocycles. The molecule has 16 heavy (non-hydrogen) atoms. The zero-order valence-electron chi connectivity index (χ0n) is 9.45. The van der Waals surface area contributed by atoms with Crippen molar-refractivity contribution in [1.82, 2.24) is 10.3 Å². The van der Waals surface area contributed by atoms with Gasteiger partial charge in [-0.15, -0.1) is 0 Å². The van der Waals surface area contributed by atoms with Crippen molar-refractivity contribution in [2.75, 3.05) is 19.8 Å². The van der Waals surface area contributed by atoms with Gasteiger partial charge in [-0.3, -0.25) is 0 Å². The second-order valence-corrected chi connectivity index (χ2v) is 4.65. The summed E-state index contributed by atoms with van der Waals surface area (Å²) in [5, 5.41) is 3.44. The highest BCUT2D eigenvalue weighted by molar-refractivity contribution is 5.07. The predicted octanol–water partition coefficient (Wildman–Crippen LogP) is 1.99. The normalized spacial score (nSPS) is 27.4. The number of rotatable bonds is 2. The van der Waals surface area contributed by atoms with Gasteiger partial charge in [0, 0.05) is 19.1 Å². The second-order valence-electron chi connectivity index (χ2n) is 4.65. The van der Waals surface area contributed by atoms with Gasteiger partial charge in [-0.25, -0.2) is 4.98 Å². The number of hydrogen-bond acceptors (Lipinski definition) is 4. The van der Waals surface area contributed by atoms with E-state index in [1.54, 1.807) is 0 Å². The molecule has 0 spiro atoms. The zero-order valence-corrected chi connectivity index (χ0v) is 9.45. The summed E-state index contributed by atoms with van der Waals surface area (Å²) in [6.07, 6.45) is 6.33. The minimum atomic E-state index is 0.414. The predicted molar refractivity (Wildman–Crippen MR) is 59.3 cm³/mol. The van der Waals surface area contributed by atoms with E-state index in [1.165, 1.54) is 12.8 Å². The van der Waals surface area contributed by atoms with E-state index in [1.807, 2.05) is 6.26 Å². The molecule has 4 heteroatoms. The molecule has 1 aromatic heterocycles. The van der Waals surface area contributed by atoms with Gasteiger partial charge < -0.3 is 14.5 Å². The van der Waals surface area contributed by atoms with E-state index in [4.69, 9.17) is 9.15 Å². The first kappa shape index (κ1) is 10.3. The fourth-order valence-corrected chi connectivity index (χ4v) is 2.53. The maximum absolute atomic E-state index is 5.61. The summed E-state index contributed by atoms with van der Waals surface area (Å²) in [7, 11) is 0. The van der Waals surface area contributed by atoms with Crippen LogP contribution >= 0.6 is 0 Å². The third kappa shape index (κ3) is 1.99. The lowest BCUT2D eigenvalue weighted by Crippen LogP contribution is -2.15. The van der Waals surface area contributed by atoms with Crippen LogP contribution in [-0.4, -0.2) is 24.7 Å². The summed E-state index contributed by atoms with van der Waals surface area (Å²) >= 11 is 0. The molecule has 0 bridgehead atoms. The molecule has 88 valence electrons. The van der Waals surface area contributed by atoms with Crippen molar-refractivity contribution in [2.45, 2.75) is 37.6 Å². The molecule has 1 N–H and O–H groups in total. The number of nitrogens with zero attached hydrogens (tertiary/aromatic N) is 1. The van der Waals surface area contributed by atoms with Crippen LogP contribution in [0.15, 0.2) is 10.7 Å². The van der Waals surface area contributed by atoms with Crippen LogP contribution in [0.25, 0.3) is 0 Å². The van der Waals surface area contributed by atoms with Crippen LogP contribution in [0.1, 0.15) is 49.2 Å². The minimum absolute atomic E-state index is 0.414. The average Bonchev–Trinajstić information content (AvgIpc) is 3.01. The molecule has 1 atom stereocenters. The van der Waals surface area contributed by atoms with E-state index in [0.29, 0.717) is 12.0 Å². The molecule has 1 unspecified atom stereocenters. The molecule has 0 aromatic carbocycles. The first-order valence-electron chi connectivity index (χ1n) is 6.20. The van der Waals surface area contributed by atoms with Gasteiger partial charge >= 0.3 is 0 Å². The van der Waals surface area contributed by atoms with E-state index in [0.717, 1.165) is 44.2 Å². The van der Waals surface area contributed by atoms with Gasteiger partial charge in [0.05, 0.1) is 11.7 Å². The largest absolute Gasteiger partial charge is 0.448 e. The number of nitrogens with one attached hydrogen (secondary N) is 1. The van der Waals surface area contributed by atoms with Gasteiger partial charge in [0.2, 0.25) is 0 Å². The number of oxazole rings is 1. The Labute approximate surface area is 95.4 Å². The molecule has 0 aliphatic carbocycles. The van der Waals surface area contributed by atoms with E-state index >= 15 is 0 Å². The molecule has 0 radical (unpaired) electrons. The summed E-state index contributed by atoms with van der Waals surface area (Å²) < 4.78 is 11.0. The van der Waals surface area contributed by atoms with Gasteiger partial charge in [-0.1, -0.05) is 0 Å². The first-order chi connectivity index (χ1) is 7.93. The molecule has 2 aliphatic rings. The van der Waals surface area contributed by atoms with Gasteiger partial charge in [0.15, 0.2) is 5.89 Å². The maximum Gasteiger partial charge on any atom is 0.197 e. The summed E-state index contributed by atoms with van der Waals surface area (Å²) in [6.45, 7) is 2.78. The van der Waals surface area contributed by atoms with Gasteiger partial charge in [-0.05, 0) is 32.2 Å². The van der Waals surface area contributed by atoms with Crippen LogP contribution in [0, 0.1) is 0 Å². The van der Waals surface area contributed by atoms with Gasteiger partial charge in [-0.2, -0.15) is 0 Å². The van der Waals surface area contributed by atoms with Crippen molar-refractivity contribution in [2.24, 2.45) is 0 Å². The van der Waals surface area contributed by atoms with Crippen molar-refractivity contribution in [3.05, 3.63) is 17.8 Å². The lowest BCUT2D eigenvalue weighted by molar-refractivity contribution is 0.0794. The van der Waals surface area contributed by atoms with Gasteiger partial charge in [0.25, 0.3) is 0 Å². The fraction of sp³-hybridized carbons (Fsp3) is 0.750. The molecule has 2 fully saturated rings. The molecular weight excluding hydrogens is 204 g/mol. The summed E-state index contributed by atoms with van der Waals surface area (Å²) in [6, 6.07) is 0.414. The molecular formula is C12H18N2O2. The van der Waals surface area contributed by atoms with E-state index < -0.39 is 0 Å². The molecule has 0 amide bonds. The van der Waals surface area contributed by atoms with Crippen LogP contribution in [0.3, 0.4) is 0 Å². The van der Waals surface area contributed by atoms with Gasteiger partial charge in [0.1, 0.15) is 6.26 Å². The maximum atomic E-state index is 5.61. The van der Waals surface area contributed by atoms with Crippen molar-refractivity contribution >= 4 is 0 Å². The Balaban J connectivity index is 1.71. The van der Waals surface area contributed by atoms with Crippen LogP contribution in [0.5, 0.6) is 0 Å². The number of ether oxygens (including phenoxy) is 1. The van der Waals surface area contributed by atoms with Crippen LogP contribution in [0.4, 0.5) is 0 Å². The third-order valence-corrected chi connectivity index (χ3v) is 3.53. The minimum Gasteiger partial charge on any atom is -0.448 e. The third-order valence-electron chi connectivity index (χ3n) is 3.53. The van der Waals surface area contributed by atoms with Crippen LogP contribution < -0.4 is 5.32 Å². The Morgan fingerprint density at radius 3 is 2.88 bits per heavy atom. The van der Waals surface area contributed by atoms with E-state index in [2.05, 4.69) is 10.3 Å². The Morgan fingerprint density at radius 2 is 2.12 bits per heavy atom. The second kappa shape index (κ2) is 4.55. The van der Waals surface area contributed by atoms with Crippen molar-refractivity contribution in [3.63, 3.8) is 0 Å². The molecule has 1 aromatic rings. The first-order valence-corrected chi connectivity index (χ1v) is 6.20. The summed E-state index contributed by atoms with van der Waals surface area (Å²) in [5.74, 6) is 1.37. The van der Waals surface area contributed by atoms with Crippen LogP contribution in [-0.2, 0) is 4.74 Å². The number of hydrogen-bond donors (Lipinski definition) is 1. The van der Waals surface area contributed by atoms with E-state index in [9.17, 15) is 0 Å². The zero-order chi connectivity index (χ0) is 10.8. The Hall–Kier alpha value is -0.870. The molecule has 4 nitrogen and oxygen atoms in total. The van der Waals surface area contributed by atoms with Crippen LogP contribution in [0.2, 0.25) is 0 Å². The van der Waals surface area contributed by atoms with Crippen molar-refractivity contribution < 1.29 is 9.15 Å². The topological polar surface area (TPSA) is 47.3 Å². The highest BCUT2D eigenvalue weighted by Crippen LogP contribution is 2.29. The highest BCUT2D eigenvalue weighted by atomic mass is 16.5.